The minimum atomic E-state index is -0.877. The zero-order valence-electron chi connectivity index (χ0n) is 19.6. The topological polar surface area (TPSA) is 150 Å². The molecule has 4 atom stereocenters. The van der Waals surface area contributed by atoms with Crippen LogP contribution in [0.5, 0.6) is 5.75 Å². The molecule has 0 bridgehead atoms. The van der Waals surface area contributed by atoms with Gasteiger partial charge in [0.2, 0.25) is 11.8 Å². The van der Waals surface area contributed by atoms with Crippen molar-refractivity contribution in [2.45, 2.75) is 22.5 Å². The maximum atomic E-state index is 12.7. The van der Waals surface area contributed by atoms with Crippen LogP contribution in [0.2, 0.25) is 0 Å². The molecule has 1 saturated carbocycles. The molecule has 38 heavy (non-hydrogen) atoms. The molecule has 0 radical (unpaired) electrons. The number of fused-ring (bicyclic) bond motifs is 1. The number of ether oxygens (including phenoxy) is 2. The van der Waals surface area contributed by atoms with E-state index in [4.69, 9.17) is 9.47 Å². The van der Waals surface area contributed by atoms with Gasteiger partial charge < -0.3 is 9.47 Å². The summed E-state index contributed by atoms with van der Waals surface area (Å²) in [7, 11) is 0. The van der Waals surface area contributed by atoms with Crippen LogP contribution in [0.3, 0.4) is 0 Å². The number of amides is 2. The van der Waals surface area contributed by atoms with Crippen LogP contribution in [0.4, 0.5) is 5.69 Å². The van der Waals surface area contributed by atoms with Gasteiger partial charge in [-0.25, -0.2) is 4.79 Å². The average molecular weight is 652 g/mol. The molecule has 1 heterocycles. The highest BCUT2D eigenvalue weighted by atomic mass is 79.9. The van der Waals surface area contributed by atoms with Crippen LogP contribution in [0.15, 0.2) is 48.5 Å². The Kier molecular flexibility index (Phi) is 8.36. The quantitative estimate of drug-likeness (QED) is 0.0795. The summed E-state index contributed by atoms with van der Waals surface area (Å²) in [5.74, 6) is -3.81. The first-order valence-electron chi connectivity index (χ1n) is 11.4. The van der Waals surface area contributed by atoms with Crippen LogP contribution in [0.1, 0.15) is 33.6 Å². The van der Waals surface area contributed by atoms with Crippen molar-refractivity contribution in [2.75, 3.05) is 13.2 Å². The van der Waals surface area contributed by atoms with Crippen LogP contribution in [0.25, 0.3) is 0 Å². The summed E-state index contributed by atoms with van der Waals surface area (Å²) < 4.78 is 10.2. The van der Waals surface area contributed by atoms with Gasteiger partial charge in [-0.05, 0) is 49.2 Å². The third-order valence-corrected chi connectivity index (χ3v) is 9.09. The summed E-state index contributed by atoms with van der Waals surface area (Å²) in [6.45, 7) is -1.16. The molecule has 0 aromatic heterocycles. The van der Waals surface area contributed by atoms with Gasteiger partial charge in [-0.3, -0.25) is 34.2 Å². The Balaban J connectivity index is 1.27. The van der Waals surface area contributed by atoms with E-state index in [1.54, 1.807) is 0 Å². The molecule has 2 aromatic rings. The van der Waals surface area contributed by atoms with E-state index in [0.29, 0.717) is 12.8 Å². The van der Waals surface area contributed by atoms with Crippen LogP contribution in [0, 0.1) is 22.0 Å². The molecule has 1 aliphatic heterocycles. The molecule has 198 valence electrons. The second kappa shape index (κ2) is 11.5. The molecule has 4 unspecified atom stereocenters. The number of ketones is 1. The Hall–Kier alpha value is -3.45. The maximum Gasteiger partial charge on any atom is 0.343 e. The normalized spacial score (nSPS) is 22.5. The summed E-state index contributed by atoms with van der Waals surface area (Å²) in [6.07, 6.45) is 0.961. The Labute approximate surface area is 232 Å². The maximum absolute atomic E-state index is 12.7. The van der Waals surface area contributed by atoms with Gasteiger partial charge in [-0.15, -0.1) is 0 Å². The van der Waals surface area contributed by atoms with Gasteiger partial charge in [0.25, 0.3) is 5.69 Å². The zero-order chi connectivity index (χ0) is 27.6. The number of esters is 2. The first-order valence-corrected chi connectivity index (χ1v) is 13.3. The summed E-state index contributed by atoms with van der Waals surface area (Å²) >= 11 is 7.00. The molecule has 0 N–H and O–H groups in total. The number of nitro groups is 1. The van der Waals surface area contributed by atoms with E-state index >= 15 is 0 Å². The van der Waals surface area contributed by atoms with Gasteiger partial charge >= 0.3 is 11.9 Å². The van der Waals surface area contributed by atoms with Crippen molar-refractivity contribution in [3.63, 3.8) is 0 Å². The van der Waals surface area contributed by atoms with Gasteiger partial charge in [-0.2, -0.15) is 0 Å². The lowest BCUT2D eigenvalue weighted by molar-refractivity contribution is -0.384. The lowest BCUT2D eigenvalue weighted by Crippen LogP contribution is -2.37. The number of Topliss-reactive ketones (excluding diaryl/α,β-unsaturated/α-hetero) is 1. The third kappa shape index (κ3) is 5.99. The van der Waals surface area contributed by atoms with Gasteiger partial charge in [0, 0.05) is 27.4 Å². The molecule has 2 fully saturated rings. The number of carbonyl (C=O) groups is 5. The standard InChI is InChI=1S/C25H20Br2N2O9/c26-19-9-17-18(10-20(19)27)24(33)28(23(17)32)11-22(31)37-12-21(30)13-3-7-16(8-4-13)38-25(34)14-1-5-15(6-2-14)29(35)36/h1-8,17-20H,9-12H2. The number of hydrogen-bond donors (Lipinski definition) is 0. The smallest absolute Gasteiger partial charge is 0.343 e. The summed E-state index contributed by atoms with van der Waals surface area (Å²) in [6, 6.07) is 10.4. The molecule has 11 nitrogen and oxygen atoms in total. The summed E-state index contributed by atoms with van der Waals surface area (Å²) in [4.78, 5) is 73.4. The summed E-state index contributed by atoms with van der Waals surface area (Å²) in [5.41, 5.74) is 0.122. The average Bonchev–Trinajstić information content (AvgIpc) is 3.12. The van der Waals surface area contributed by atoms with Crippen LogP contribution >= 0.6 is 31.9 Å². The molecule has 2 amide bonds. The number of likely N-dealkylation sites (tertiary alicyclic amines) is 1. The van der Waals surface area contributed by atoms with Crippen LogP contribution < -0.4 is 4.74 Å². The van der Waals surface area contributed by atoms with Crippen LogP contribution in [-0.2, 0) is 19.1 Å². The predicted octanol–water partition coefficient (Wildman–Crippen LogP) is 3.46. The highest BCUT2D eigenvalue weighted by Gasteiger charge is 2.52. The number of alkyl halides is 2. The van der Waals surface area contributed by atoms with Gasteiger partial charge in [0.05, 0.1) is 22.3 Å². The van der Waals surface area contributed by atoms with Crippen molar-refractivity contribution >= 4 is 67.1 Å². The Morgan fingerprint density at radius 1 is 0.895 bits per heavy atom. The van der Waals surface area contributed by atoms with E-state index < -0.39 is 59.4 Å². The fourth-order valence-electron chi connectivity index (χ4n) is 4.32. The molecular weight excluding hydrogens is 632 g/mol. The van der Waals surface area contributed by atoms with Crippen LogP contribution in [-0.4, -0.2) is 62.2 Å². The fourth-order valence-corrected chi connectivity index (χ4v) is 5.55. The molecule has 4 rings (SSSR count). The number of nitro benzene ring substituents is 1. The summed E-state index contributed by atoms with van der Waals surface area (Å²) in [5, 5.41) is 10.7. The first kappa shape index (κ1) is 27.6. The van der Waals surface area contributed by atoms with E-state index in [1.807, 2.05) is 0 Å². The van der Waals surface area contributed by atoms with Crippen molar-refractivity contribution < 1.29 is 38.4 Å². The SMILES string of the molecule is O=C(CN1C(=O)C2CC(Br)C(Br)CC2C1=O)OCC(=O)c1ccc(OC(=O)c2ccc([N+](=O)[O-])cc2)cc1. The lowest BCUT2D eigenvalue weighted by atomic mass is 9.81. The van der Waals surface area contributed by atoms with Crippen molar-refractivity contribution in [1.29, 1.82) is 0 Å². The van der Waals surface area contributed by atoms with E-state index in [1.165, 1.54) is 48.5 Å². The second-order valence-electron chi connectivity index (χ2n) is 8.78. The molecule has 2 aliphatic rings. The minimum absolute atomic E-state index is 0.0437. The van der Waals surface area contributed by atoms with E-state index in [2.05, 4.69) is 31.9 Å². The van der Waals surface area contributed by atoms with Gasteiger partial charge in [0.15, 0.2) is 12.4 Å². The molecule has 1 aliphatic carbocycles. The van der Waals surface area contributed by atoms with Gasteiger partial charge in [-0.1, -0.05) is 31.9 Å². The Morgan fingerprint density at radius 2 is 1.42 bits per heavy atom. The molecule has 1 saturated heterocycles. The number of nitrogens with zero attached hydrogens (tertiary/aromatic N) is 2. The lowest BCUT2D eigenvalue weighted by Gasteiger charge is -2.29. The van der Waals surface area contributed by atoms with E-state index in [-0.39, 0.29) is 32.2 Å². The van der Waals surface area contributed by atoms with Crippen molar-refractivity contribution in [1.82, 2.24) is 4.90 Å². The van der Waals surface area contributed by atoms with E-state index in [9.17, 15) is 34.1 Å². The second-order valence-corrected chi connectivity index (χ2v) is 11.1. The van der Waals surface area contributed by atoms with Gasteiger partial charge in [0.1, 0.15) is 12.3 Å². The zero-order valence-corrected chi connectivity index (χ0v) is 22.8. The molecule has 13 heteroatoms. The largest absolute Gasteiger partial charge is 0.456 e. The number of hydrogen-bond acceptors (Lipinski definition) is 9. The predicted molar refractivity (Wildman–Crippen MR) is 138 cm³/mol. The van der Waals surface area contributed by atoms with Crippen molar-refractivity contribution in [3.8, 4) is 5.75 Å². The Bertz CT molecular complexity index is 1270. The highest BCUT2D eigenvalue weighted by Crippen LogP contribution is 2.43. The number of imide groups is 1. The molecule has 2 aromatic carbocycles. The van der Waals surface area contributed by atoms with Crippen molar-refractivity contribution in [2.24, 2.45) is 11.8 Å². The number of halogens is 2. The number of carbonyl (C=O) groups excluding carboxylic acids is 5. The third-order valence-electron chi connectivity index (χ3n) is 6.35. The monoisotopic (exact) mass is 650 g/mol. The Morgan fingerprint density at radius 3 is 1.95 bits per heavy atom. The molecule has 0 spiro atoms. The fraction of sp³-hybridized carbons (Fsp3) is 0.320. The number of rotatable bonds is 8. The highest BCUT2D eigenvalue weighted by molar-refractivity contribution is 9.12. The van der Waals surface area contributed by atoms with Crippen molar-refractivity contribution in [3.05, 3.63) is 69.8 Å². The minimum Gasteiger partial charge on any atom is -0.456 e. The van der Waals surface area contributed by atoms with E-state index in [0.717, 1.165) is 4.90 Å². The molecular formula is C25H20Br2N2O9. The first-order chi connectivity index (χ1) is 18.0. The number of benzene rings is 2. The number of non-ortho nitro benzene ring substituents is 1.